The summed E-state index contributed by atoms with van der Waals surface area (Å²) in [5.74, 6) is 0. The number of likely N-dealkylation sites (tertiary alicyclic amines) is 1. The Morgan fingerprint density at radius 2 is 2.00 bits per heavy atom. The quantitative estimate of drug-likeness (QED) is 0.707. The maximum atomic E-state index is 12.0. The summed E-state index contributed by atoms with van der Waals surface area (Å²) in [4.78, 5) is 14.0. The maximum Gasteiger partial charge on any atom is 0.317 e. The molecular weight excluding hydrogens is 202 g/mol. The van der Waals surface area contributed by atoms with Crippen LogP contribution in [-0.4, -0.2) is 42.6 Å². The lowest BCUT2D eigenvalue weighted by Gasteiger charge is -2.34. The van der Waals surface area contributed by atoms with Crippen molar-refractivity contribution in [1.29, 1.82) is 0 Å². The molecule has 0 radical (unpaired) electrons. The van der Waals surface area contributed by atoms with Crippen LogP contribution >= 0.6 is 0 Å². The number of hydrogen-bond acceptors (Lipinski definition) is 2. The monoisotopic (exact) mass is 225 g/mol. The number of nitrogens with zero attached hydrogens (tertiary/aromatic N) is 1. The van der Waals surface area contributed by atoms with Gasteiger partial charge in [-0.2, -0.15) is 0 Å². The molecule has 2 aliphatic rings. The van der Waals surface area contributed by atoms with Crippen LogP contribution in [0.15, 0.2) is 0 Å². The van der Waals surface area contributed by atoms with Gasteiger partial charge in [0.1, 0.15) is 0 Å². The van der Waals surface area contributed by atoms with Crippen LogP contribution in [0.5, 0.6) is 0 Å². The third kappa shape index (κ3) is 2.88. The van der Waals surface area contributed by atoms with Crippen LogP contribution in [0.3, 0.4) is 0 Å². The molecule has 0 aromatic heterocycles. The van der Waals surface area contributed by atoms with Gasteiger partial charge in [0.25, 0.3) is 0 Å². The number of carbonyl (C=O) groups excluding carboxylic acids is 1. The number of piperidine rings is 2. The predicted molar refractivity (Wildman–Crippen MR) is 64.4 cm³/mol. The second kappa shape index (κ2) is 5.53. The fourth-order valence-electron chi connectivity index (χ4n) is 2.59. The van der Waals surface area contributed by atoms with E-state index in [1.165, 1.54) is 6.42 Å². The van der Waals surface area contributed by atoms with E-state index in [0.29, 0.717) is 12.1 Å². The average Bonchev–Trinajstić information content (AvgIpc) is 2.33. The SMILES string of the molecule is CC1NCCCC1NC(=O)N1CCCCC1. The molecule has 0 aliphatic carbocycles. The van der Waals surface area contributed by atoms with E-state index >= 15 is 0 Å². The van der Waals surface area contributed by atoms with E-state index in [9.17, 15) is 4.79 Å². The van der Waals surface area contributed by atoms with Crippen molar-refractivity contribution in [3.8, 4) is 0 Å². The standard InChI is InChI=1S/C12H23N3O/c1-10-11(6-5-7-13-10)14-12(16)15-8-3-2-4-9-15/h10-11,13H,2-9H2,1H3,(H,14,16). The molecule has 2 rings (SSSR count). The fraction of sp³-hybridized carbons (Fsp3) is 0.917. The molecule has 0 bridgehead atoms. The Bertz CT molecular complexity index is 238. The minimum atomic E-state index is 0.139. The minimum Gasteiger partial charge on any atom is -0.334 e. The molecule has 2 N–H and O–H groups in total. The third-order valence-electron chi connectivity index (χ3n) is 3.71. The molecule has 0 aromatic carbocycles. The molecule has 2 amide bonds. The van der Waals surface area contributed by atoms with Gasteiger partial charge in [-0.1, -0.05) is 0 Å². The molecule has 4 nitrogen and oxygen atoms in total. The number of nitrogens with one attached hydrogen (secondary N) is 2. The first-order valence-corrected chi connectivity index (χ1v) is 6.56. The summed E-state index contributed by atoms with van der Waals surface area (Å²) in [6.07, 6.45) is 5.85. The lowest BCUT2D eigenvalue weighted by molar-refractivity contribution is 0.176. The zero-order chi connectivity index (χ0) is 11.4. The van der Waals surface area contributed by atoms with Gasteiger partial charge >= 0.3 is 6.03 Å². The van der Waals surface area contributed by atoms with Gasteiger partial charge in [-0.05, 0) is 45.6 Å². The molecule has 0 spiro atoms. The lowest BCUT2D eigenvalue weighted by Crippen LogP contribution is -2.55. The fourth-order valence-corrected chi connectivity index (χ4v) is 2.59. The Morgan fingerprint density at radius 1 is 1.25 bits per heavy atom. The van der Waals surface area contributed by atoms with Crippen molar-refractivity contribution >= 4 is 6.03 Å². The molecule has 2 fully saturated rings. The minimum absolute atomic E-state index is 0.139. The van der Waals surface area contributed by atoms with Gasteiger partial charge in [-0.15, -0.1) is 0 Å². The Morgan fingerprint density at radius 3 is 2.69 bits per heavy atom. The number of rotatable bonds is 1. The average molecular weight is 225 g/mol. The number of amides is 2. The zero-order valence-electron chi connectivity index (χ0n) is 10.2. The molecule has 4 heteroatoms. The Kier molecular flexibility index (Phi) is 4.04. The van der Waals surface area contributed by atoms with Crippen molar-refractivity contribution in [2.45, 2.75) is 51.1 Å². The van der Waals surface area contributed by atoms with E-state index in [2.05, 4.69) is 17.6 Å². The van der Waals surface area contributed by atoms with Crippen molar-refractivity contribution in [2.75, 3.05) is 19.6 Å². The normalized spacial score (nSPS) is 31.2. The van der Waals surface area contributed by atoms with E-state index in [4.69, 9.17) is 0 Å². The summed E-state index contributed by atoms with van der Waals surface area (Å²) >= 11 is 0. The van der Waals surface area contributed by atoms with E-state index in [1.807, 2.05) is 4.90 Å². The van der Waals surface area contributed by atoms with Gasteiger partial charge < -0.3 is 15.5 Å². The van der Waals surface area contributed by atoms with Crippen LogP contribution in [-0.2, 0) is 0 Å². The molecule has 16 heavy (non-hydrogen) atoms. The highest BCUT2D eigenvalue weighted by atomic mass is 16.2. The van der Waals surface area contributed by atoms with E-state index in [-0.39, 0.29) is 6.03 Å². The highest BCUT2D eigenvalue weighted by molar-refractivity contribution is 5.74. The van der Waals surface area contributed by atoms with Crippen LogP contribution in [0.1, 0.15) is 39.0 Å². The van der Waals surface area contributed by atoms with Crippen LogP contribution in [0.2, 0.25) is 0 Å². The summed E-state index contributed by atoms with van der Waals surface area (Å²) in [6, 6.07) is 0.853. The number of carbonyl (C=O) groups is 1. The van der Waals surface area contributed by atoms with Crippen LogP contribution in [0, 0.1) is 0 Å². The van der Waals surface area contributed by atoms with Gasteiger partial charge in [0.15, 0.2) is 0 Å². The first-order chi connectivity index (χ1) is 7.77. The molecule has 92 valence electrons. The Balaban J connectivity index is 1.80. The lowest BCUT2D eigenvalue weighted by atomic mass is 10.00. The second-order valence-electron chi connectivity index (χ2n) is 4.99. The molecule has 2 heterocycles. The second-order valence-corrected chi connectivity index (χ2v) is 4.99. The van der Waals surface area contributed by atoms with Crippen LogP contribution in [0.25, 0.3) is 0 Å². The van der Waals surface area contributed by atoms with Gasteiger partial charge in [-0.3, -0.25) is 0 Å². The molecule has 2 aliphatic heterocycles. The molecule has 2 atom stereocenters. The first-order valence-electron chi connectivity index (χ1n) is 6.56. The first kappa shape index (κ1) is 11.7. The number of hydrogen-bond donors (Lipinski definition) is 2. The van der Waals surface area contributed by atoms with Gasteiger partial charge in [-0.25, -0.2) is 4.79 Å². The van der Waals surface area contributed by atoms with E-state index in [1.54, 1.807) is 0 Å². The molecule has 2 saturated heterocycles. The molecule has 0 aromatic rings. The molecule has 2 unspecified atom stereocenters. The summed E-state index contributed by atoms with van der Waals surface area (Å²) < 4.78 is 0. The Labute approximate surface area is 97.8 Å². The highest BCUT2D eigenvalue weighted by Crippen LogP contribution is 2.11. The van der Waals surface area contributed by atoms with Crippen molar-refractivity contribution in [3.05, 3.63) is 0 Å². The summed E-state index contributed by atoms with van der Waals surface area (Å²) in [5.41, 5.74) is 0. The Hall–Kier alpha value is -0.770. The van der Waals surface area contributed by atoms with Crippen molar-refractivity contribution in [3.63, 3.8) is 0 Å². The van der Waals surface area contributed by atoms with E-state index < -0.39 is 0 Å². The van der Waals surface area contributed by atoms with Crippen molar-refractivity contribution in [1.82, 2.24) is 15.5 Å². The summed E-state index contributed by atoms with van der Waals surface area (Å²) in [5, 5.41) is 6.57. The van der Waals surface area contributed by atoms with Crippen molar-refractivity contribution in [2.24, 2.45) is 0 Å². The number of urea groups is 1. The largest absolute Gasteiger partial charge is 0.334 e. The molecular formula is C12H23N3O. The predicted octanol–water partition coefficient (Wildman–Crippen LogP) is 1.32. The van der Waals surface area contributed by atoms with Gasteiger partial charge in [0.05, 0.1) is 0 Å². The van der Waals surface area contributed by atoms with Crippen molar-refractivity contribution < 1.29 is 4.79 Å². The van der Waals surface area contributed by atoms with Crippen LogP contribution < -0.4 is 10.6 Å². The van der Waals surface area contributed by atoms with Crippen LogP contribution in [0.4, 0.5) is 4.79 Å². The topological polar surface area (TPSA) is 44.4 Å². The highest BCUT2D eigenvalue weighted by Gasteiger charge is 2.25. The smallest absolute Gasteiger partial charge is 0.317 e. The summed E-state index contributed by atoms with van der Waals surface area (Å²) in [7, 11) is 0. The van der Waals surface area contributed by atoms with Gasteiger partial charge in [0, 0.05) is 25.2 Å². The summed E-state index contributed by atoms with van der Waals surface area (Å²) in [6.45, 7) is 5.10. The van der Waals surface area contributed by atoms with Gasteiger partial charge in [0.2, 0.25) is 0 Å². The third-order valence-corrected chi connectivity index (χ3v) is 3.71. The van der Waals surface area contributed by atoms with E-state index in [0.717, 1.165) is 45.3 Å². The molecule has 0 saturated carbocycles. The zero-order valence-corrected chi connectivity index (χ0v) is 10.2. The maximum absolute atomic E-state index is 12.0.